The van der Waals surface area contributed by atoms with Crippen LogP contribution in [0.3, 0.4) is 0 Å². The lowest BCUT2D eigenvalue weighted by atomic mass is 10.1. The molecule has 230 valence electrons. The minimum Gasteiger partial charge on any atom is -0.373 e. The third-order valence-electron chi connectivity index (χ3n) is 6.94. The van der Waals surface area contributed by atoms with E-state index in [-0.39, 0.29) is 18.2 Å². The number of nitrogens with zero attached hydrogens (tertiary/aromatic N) is 4. The Morgan fingerprint density at radius 2 is 1.49 bits per heavy atom. The second-order valence-electron chi connectivity index (χ2n) is 10.6. The number of aliphatic hydroxyl groups excluding tert-OH is 1. The van der Waals surface area contributed by atoms with Crippen LogP contribution in [0.2, 0.25) is 0 Å². The lowest BCUT2D eigenvalue weighted by molar-refractivity contribution is -0.115. The molecule has 1 atom stereocenters. The van der Waals surface area contributed by atoms with Crippen LogP contribution in [-0.2, 0) is 37.0 Å². The summed E-state index contributed by atoms with van der Waals surface area (Å²) in [5.74, 6) is 0.218. The molecule has 5 rings (SSSR count). The zero-order valence-electron chi connectivity index (χ0n) is 24.7. The highest BCUT2D eigenvalue weighted by Gasteiger charge is 2.11. The third kappa shape index (κ3) is 10.3. The van der Waals surface area contributed by atoms with Crippen LogP contribution in [0.25, 0.3) is 0 Å². The Bertz CT molecular complexity index is 1660. The molecule has 10 nitrogen and oxygen atoms in total. The van der Waals surface area contributed by atoms with E-state index in [0.29, 0.717) is 29.5 Å². The molecule has 11 heteroatoms. The normalized spacial score (nSPS) is 11.5. The van der Waals surface area contributed by atoms with Crippen molar-refractivity contribution in [3.05, 3.63) is 130 Å². The molecule has 0 aliphatic heterocycles. The Balaban J connectivity index is 0.993. The van der Waals surface area contributed by atoms with Crippen LogP contribution in [0.15, 0.2) is 97.1 Å². The molecule has 0 radical (unpaired) electrons. The number of aromatic nitrogens is 4. The Morgan fingerprint density at radius 3 is 2.27 bits per heavy atom. The average molecular weight is 622 g/mol. The molecule has 5 aromatic rings. The second kappa shape index (κ2) is 16.2. The number of benzene rings is 3. The van der Waals surface area contributed by atoms with E-state index in [1.807, 2.05) is 84.9 Å². The molecule has 0 aliphatic rings. The molecule has 2 amide bonds. The molecule has 2 aromatic heterocycles. The minimum absolute atomic E-state index is 0.141. The van der Waals surface area contributed by atoms with Gasteiger partial charge < -0.3 is 21.1 Å². The van der Waals surface area contributed by atoms with Crippen LogP contribution < -0.4 is 16.0 Å². The number of aryl methyl sites for hydroxylation is 2. The van der Waals surface area contributed by atoms with Gasteiger partial charge in [0.25, 0.3) is 5.91 Å². The van der Waals surface area contributed by atoms with Crippen molar-refractivity contribution in [2.45, 2.75) is 51.3 Å². The maximum absolute atomic E-state index is 12.7. The highest BCUT2D eigenvalue weighted by atomic mass is 32.1. The number of unbranched alkanes of at least 4 members (excludes halogenated alkanes) is 1. The van der Waals surface area contributed by atoms with Crippen LogP contribution in [0.5, 0.6) is 0 Å². The molecule has 4 N–H and O–H groups in total. The van der Waals surface area contributed by atoms with Crippen molar-refractivity contribution in [1.82, 2.24) is 25.7 Å². The van der Waals surface area contributed by atoms with Gasteiger partial charge in [0.05, 0.1) is 12.1 Å². The summed E-state index contributed by atoms with van der Waals surface area (Å²) >= 11 is 1.38. The van der Waals surface area contributed by atoms with Crippen molar-refractivity contribution in [2.75, 3.05) is 10.6 Å². The van der Waals surface area contributed by atoms with Crippen LogP contribution in [0.4, 0.5) is 10.9 Å². The second-order valence-corrected chi connectivity index (χ2v) is 11.6. The van der Waals surface area contributed by atoms with Gasteiger partial charge in [-0.1, -0.05) is 84.1 Å². The lowest BCUT2D eigenvalue weighted by Gasteiger charge is -2.13. The van der Waals surface area contributed by atoms with Crippen molar-refractivity contribution < 1.29 is 14.7 Å². The summed E-state index contributed by atoms with van der Waals surface area (Å²) in [6.07, 6.45) is 3.26. The lowest BCUT2D eigenvalue weighted by Crippen LogP contribution is -2.22. The van der Waals surface area contributed by atoms with Gasteiger partial charge in [-0.2, -0.15) is 5.10 Å². The van der Waals surface area contributed by atoms with E-state index in [9.17, 15) is 14.7 Å². The van der Waals surface area contributed by atoms with Crippen LogP contribution >= 0.6 is 11.3 Å². The SMILES string of the molecule is O=C(Cc1cccc(CNC(=O)c2ccccc2)c1)Nc1nnc(CCCCc2ccc(NC(O)Cc3ccccc3)nn2)s1. The zero-order valence-corrected chi connectivity index (χ0v) is 25.5. The third-order valence-corrected chi connectivity index (χ3v) is 7.84. The Morgan fingerprint density at radius 1 is 0.756 bits per heavy atom. The molecule has 0 bridgehead atoms. The molecule has 1 unspecified atom stereocenters. The van der Waals surface area contributed by atoms with Crippen molar-refractivity contribution in [1.29, 1.82) is 0 Å². The summed E-state index contributed by atoms with van der Waals surface area (Å²) in [5, 5.41) is 37.2. The first-order chi connectivity index (χ1) is 22.0. The molecule has 0 saturated carbocycles. The van der Waals surface area contributed by atoms with E-state index >= 15 is 0 Å². The number of carbonyl (C=O) groups excluding carboxylic acids is 2. The quantitative estimate of drug-likeness (QED) is 0.0948. The van der Waals surface area contributed by atoms with E-state index in [1.165, 1.54) is 11.3 Å². The van der Waals surface area contributed by atoms with Gasteiger partial charge in [0, 0.05) is 24.9 Å². The van der Waals surface area contributed by atoms with Gasteiger partial charge >= 0.3 is 0 Å². The van der Waals surface area contributed by atoms with E-state index < -0.39 is 6.23 Å². The maximum atomic E-state index is 12.7. The van der Waals surface area contributed by atoms with Gasteiger partial charge in [-0.15, -0.1) is 15.3 Å². The summed E-state index contributed by atoms with van der Waals surface area (Å²) < 4.78 is 0. The molecule has 3 aromatic carbocycles. The van der Waals surface area contributed by atoms with Crippen LogP contribution in [0, 0.1) is 0 Å². The number of carbonyl (C=O) groups is 2. The van der Waals surface area contributed by atoms with Crippen LogP contribution in [-0.4, -0.2) is 43.5 Å². The van der Waals surface area contributed by atoms with Gasteiger partial charge in [-0.05, 0) is 60.2 Å². The van der Waals surface area contributed by atoms with Gasteiger partial charge in [0.1, 0.15) is 11.2 Å². The predicted octanol–water partition coefficient (Wildman–Crippen LogP) is 4.98. The molecular weight excluding hydrogens is 586 g/mol. The van der Waals surface area contributed by atoms with Gasteiger partial charge in [0.15, 0.2) is 5.82 Å². The van der Waals surface area contributed by atoms with Gasteiger partial charge in [-0.25, -0.2) is 0 Å². The summed E-state index contributed by atoms with van der Waals surface area (Å²) in [5.41, 5.74) is 4.29. The zero-order chi connectivity index (χ0) is 31.3. The van der Waals surface area contributed by atoms with Gasteiger partial charge in [0.2, 0.25) is 11.0 Å². The number of aliphatic hydroxyl groups is 1. The van der Waals surface area contributed by atoms with E-state index in [2.05, 4.69) is 36.3 Å². The molecule has 0 spiro atoms. The largest absolute Gasteiger partial charge is 0.373 e. The topological polar surface area (TPSA) is 142 Å². The van der Waals surface area contributed by atoms with Gasteiger partial charge in [-0.3, -0.25) is 9.59 Å². The van der Waals surface area contributed by atoms with Crippen molar-refractivity contribution in [2.24, 2.45) is 0 Å². The number of rotatable bonds is 15. The fraction of sp³-hybridized carbons (Fsp3) is 0.235. The number of nitrogens with one attached hydrogen (secondary N) is 3. The smallest absolute Gasteiger partial charge is 0.251 e. The van der Waals surface area contributed by atoms with Crippen molar-refractivity contribution in [3.8, 4) is 0 Å². The summed E-state index contributed by atoms with van der Waals surface area (Å²) in [7, 11) is 0. The first-order valence-corrected chi connectivity index (χ1v) is 15.7. The van der Waals surface area contributed by atoms with Crippen LogP contribution in [0.1, 0.15) is 50.6 Å². The first kappa shape index (κ1) is 31.4. The number of hydrogen-bond acceptors (Lipinski definition) is 9. The number of amides is 2. The monoisotopic (exact) mass is 621 g/mol. The molecule has 2 heterocycles. The molecule has 0 fully saturated rings. The van der Waals surface area contributed by atoms with Crippen molar-refractivity contribution >= 4 is 34.1 Å². The summed E-state index contributed by atoms with van der Waals surface area (Å²) in [6.45, 7) is 0.372. The molecular formula is C34H35N7O3S. The van der Waals surface area contributed by atoms with E-state index in [0.717, 1.165) is 53.1 Å². The molecule has 45 heavy (non-hydrogen) atoms. The Hall–Kier alpha value is -5.00. The van der Waals surface area contributed by atoms with E-state index in [4.69, 9.17) is 0 Å². The average Bonchev–Trinajstić information content (AvgIpc) is 3.50. The standard InChI is InChI=1S/C34H35N7O3S/c42-30(21-24-10-3-1-4-11-24)36-29-19-18-28(38-39-29)16-7-8-17-32-40-41-34(45-32)37-31(43)22-25-12-9-13-26(20-25)23-35-33(44)27-14-5-2-6-15-27/h1-6,9-15,18-20,30,42H,7-8,16-17,21-23H2,(H,35,44)(H,36,39)(H,37,41,43). The predicted molar refractivity (Wildman–Crippen MR) is 175 cm³/mol. The first-order valence-electron chi connectivity index (χ1n) is 14.8. The number of anilines is 2. The van der Waals surface area contributed by atoms with E-state index in [1.54, 1.807) is 12.1 Å². The Kier molecular flexibility index (Phi) is 11.3. The fourth-order valence-corrected chi connectivity index (χ4v) is 5.49. The summed E-state index contributed by atoms with van der Waals surface area (Å²) in [6, 6.07) is 30.2. The molecule has 0 saturated heterocycles. The summed E-state index contributed by atoms with van der Waals surface area (Å²) in [4.78, 5) is 25.0. The highest BCUT2D eigenvalue weighted by Crippen LogP contribution is 2.18. The molecule has 0 aliphatic carbocycles. The maximum Gasteiger partial charge on any atom is 0.251 e. The fourth-order valence-electron chi connectivity index (χ4n) is 4.69. The number of hydrogen-bond donors (Lipinski definition) is 4. The van der Waals surface area contributed by atoms with Crippen molar-refractivity contribution in [3.63, 3.8) is 0 Å². The Labute approximate surface area is 266 Å². The highest BCUT2D eigenvalue weighted by molar-refractivity contribution is 7.15. The minimum atomic E-state index is -0.744.